The van der Waals surface area contributed by atoms with Gasteiger partial charge >= 0.3 is 12.4 Å². The fraction of sp³-hybridized carbons (Fsp3) is 0.476. The molecule has 1 aromatic carbocycles. The van der Waals surface area contributed by atoms with Crippen molar-refractivity contribution in [1.82, 2.24) is 4.98 Å². The fourth-order valence-electron chi connectivity index (χ4n) is 3.76. The lowest BCUT2D eigenvalue weighted by Crippen LogP contribution is -2.42. The number of hydrogen-bond acceptors (Lipinski definition) is 4. The van der Waals surface area contributed by atoms with Crippen molar-refractivity contribution in [2.75, 3.05) is 6.61 Å². The minimum Gasteiger partial charge on any atom is -0.372 e. The van der Waals surface area contributed by atoms with Crippen molar-refractivity contribution in [2.45, 2.75) is 61.2 Å². The van der Waals surface area contributed by atoms with Crippen molar-refractivity contribution >= 4 is 9.84 Å². The lowest BCUT2D eigenvalue weighted by molar-refractivity contribution is -0.138. The van der Waals surface area contributed by atoms with Crippen LogP contribution in [-0.4, -0.2) is 24.8 Å². The van der Waals surface area contributed by atoms with E-state index in [0.717, 1.165) is 24.3 Å². The van der Waals surface area contributed by atoms with Crippen LogP contribution >= 0.6 is 0 Å². The maximum Gasteiger partial charge on any atom is 0.417 e. The second-order valence-corrected chi connectivity index (χ2v) is 10.4. The molecule has 2 aromatic rings. The van der Waals surface area contributed by atoms with Crippen LogP contribution in [0.25, 0.3) is 0 Å². The zero-order valence-electron chi connectivity index (χ0n) is 17.2. The lowest BCUT2D eigenvalue weighted by Gasteiger charge is -2.38. The Bertz CT molecular complexity index is 1100. The van der Waals surface area contributed by atoms with Crippen molar-refractivity contribution in [3.8, 4) is 0 Å². The first kappa shape index (κ1) is 24.5. The standard InChI is InChI=1S/C21H21F6NO3S/c1-3-13-9-15(21(25,26)27)12-28-18(13)17-11-19(2,7-8-31-17)32(29,30)16-6-4-5-14(10-16)20(22,23)24/h4-6,9-10,12,17H,3,7-8,11H2,1-2H3. The third kappa shape index (κ3) is 4.63. The van der Waals surface area contributed by atoms with Gasteiger partial charge in [0.2, 0.25) is 0 Å². The smallest absolute Gasteiger partial charge is 0.372 e. The SMILES string of the molecule is CCc1cc(C(F)(F)F)cnc1C1CC(C)(S(=O)(=O)c2cccc(C(F)(F)F)c2)CCO1. The summed E-state index contributed by atoms with van der Waals surface area (Å²) in [5.74, 6) is 0. The van der Waals surface area contributed by atoms with Gasteiger partial charge in [-0.25, -0.2) is 8.42 Å². The molecule has 32 heavy (non-hydrogen) atoms. The predicted molar refractivity (Wildman–Crippen MR) is 104 cm³/mol. The first-order valence-corrected chi connectivity index (χ1v) is 11.3. The third-order valence-electron chi connectivity index (χ3n) is 5.70. The Kier molecular flexibility index (Phi) is 6.38. The number of benzene rings is 1. The van der Waals surface area contributed by atoms with Crippen LogP contribution in [0.3, 0.4) is 0 Å². The van der Waals surface area contributed by atoms with Gasteiger partial charge in [-0.3, -0.25) is 4.98 Å². The van der Waals surface area contributed by atoms with Crippen molar-refractivity contribution in [2.24, 2.45) is 0 Å². The predicted octanol–water partition coefficient (Wildman–Crippen LogP) is 5.77. The summed E-state index contributed by atoms with van der Waals surface area (Å²) >= 11 is 0. The number of halogens is 6. The molecule has 0 saturated carbocycles. The Balaban J connectivity index is 1.97. The Labute approximate surface area is 181 Å². The van der Waals surface area contributed by atoms with Crippen molar-refractivity contribution in [3.05, 3.63) is 58.9 Å². The van der Waals surface area contributed by atoms with Crippen LogP contribution in [0, 0.1) is 0 Å². The van der Waals surface area contributed by atoms with E-state index in [1.807, 2.05) is 0 Å². The molecule has 4 nitrogen and oxygen atoms in total. The monoisotopic (exact) mass is 481 g/mol. The largest absolute Gasteiger partial charge is 0.417 e. The first-order valence-electron chi connectivity index (χ1n) is 9.78. The molecule has 2 atom stereocenters. The van der Waals surface area contributed by atoms with E-state index >= 15 is 0 Å². The van der Waals surface area contributed by atoms with Crippen LogP contribution in [0.15, 0.2) is 41.4 Å². The molecule has 11 heteroatoms. The molecule has 0 spiro atoms. The summed E-state index contributed by atoms with van der Waals surface area (Å²) in [6.07, 6.45) is -9.45. The summed E-state index contributed by atoms with van der Waals surface area (Å²) in [6, 6.07) is 4.47. The highest BCUT2D eigenvalue weighted by atomic mass is 32.2. The highest BCUT2D eigenvalue weighted by Gasteiger charge is 2.46. The number of aryl methyl sites for hydroxylation is 1. The fourth-order valence-corrected chi connectivity index (χ4v) is 5.59. The minimum atomic E-state index is -4.70. The van der Waals surface area contributed by atoms with Crippen LogP contribution in [0.4, 0.5) is 26.3 Å². The molecule has 3 rings (SSSR count). The first-order chi connectivity index (χ1) is 14.7. The molecule has 2 heterocycles. The summed E-state index contributed by atoms with van der Waals surface area (Å²) in [5, 5.41) is 0. The van der Waals surface area contributed by atoms with Gasteiger partial charge in [-0.15, -0.1) is 0 Å². The van der Waals surface area contributed by atoms with Crippen molar-refractivity contribution < 1.29 is 39.5 Å². The zero-order valence-corrected chi connectivity index (χ0v) is 18.0. The minimum absolute atomic E-state index is 0.0180. The number of aromatic nitrogens is 1. The van der Waals surface area contributed by atoms with E-state index in [4.69, 9.17) is 4.74 Å². The summed E-state index contributed by atoms with van der Waals surface area (Å²) < 4.78 is 109. The number of pyridine rings is 1. The van der Waals surface area contributed by atoms with E-state index in [1.54, 1.807) is 6.92 Å². The van der Waals surface area contributed by atoms with E-state index in [2.05, 4.69) is 4.98 Å². The second-order valence-electron chi connectivity index (χ2n) is 7.91. The van der Waals surface area contributed by atoms with Crippen LogP contribution in [0.1, 0.15) is 55.2 Å². The van der Waals surface area contributed by atoms with Gasteiger partial charge in [-0.05, 0) is 56.0 Å². The summed E-state index contributed by atoms with van der Waals surface area (Å²) in [4.78, 5) is 3.45. The highest BCUT2D eigenvalue weighted by molar-refractivity contribution is 7.92. The number of hydrogen-bond donors (Lipinski definition) is 0. The van der Waals surface area contributed by atoms with Gasteiger partial charge in [0.15, 0.2) is 9.84 Å². The van der Waals surface area contributed by atoms with Gasteiger partial charge < -0.3 is 4.74 Å². The zero-order chi connectivity index (χ0) is 23.9. The number of rotatable bonds is 4. The summed E-state index contributed by atoms with van der Waals surface area (Å²) in [5.41, 5.74) is -1.53. The summed E-state index contributed by atoms with van der Waals surface area (Å²) in [6.45, 7) is 3.01. The molecule has 2 unspecified atom stereocenters. The van der Waals surface area contributed by atoms with Gasteiger partial charge in [0, 0.05) is 12.8 Å². The molecule has 176 valence electrons. The van der Waals surface area contributed by atoms with E-state index in [1.165, 1.54) is 6.92 Å². The Morgan fingerprint density at radius 3 is 2.34 bits per heavy atom. The summed E-state index contributed by atoms with van der Waals surface area (Å²) in [7, 11) is -4.22. The molecule has 1 saturated heterocycles. The molecule has 0 radical (unpaired) electrons. The third-order valence-corrected chi connectivity index (χ3v) is 8.25. The molecular weight excluding hydrogens is 460 g/mol. The quantitative estimate of drug-likeness (QED) is 0.521. The van der Waals surface area contributed by atoms with Gasteiger partial charge in [0.1, 0.15) is 6.10 Å². The van der Waals surface area contributed by atoms with Gasteiger partial charge in [-0.2, -0.15) is 26.3 Å². The van der Waals surface area contributed by atoms with E-state index in [9.17, 15) is 34.8 Å². The van der Waals surface area contributed by atoms with Crippen LogP contribution in [0.2, 0.25) is 0 Å². The van der Waals surface area contributed by atoms with E-state index in [-0.39, 0.29) is 37.1 Å². The Hall–Kier alpha value is -2.14. The van der Waals surface area contributed by atoms with E-state index in [0.29, 0.717) is 12.3 Å². The molecule has 1 aromatic heterocycles. The second kappa shape index (κ2) is 8.33. The molecule has 0 amide bonds. The maximum absolute atomic E-state index is 13.3. The number of ether oxygens (including phenoxy) is 1. The van der Waals surface area contributed by atoms with Crippen molar-refractivity contribution in [3.63, 3.8) is 0 Å². The highest BCUT2D eigenvalue weighted by Crippen LogP contribution is 2.43. The molecule has 0 N–H and O–H groups in total. The Morgan fingerprint density at radius 2 is 1.75 bits per heavy atom. The number of alkyl halides is 6. The number of sulfone groups is 1. The topological polar surface area (TPSA) is 56.3 Å². The van der Waals surface area contributed by atoms with Crippen LogP contribution in [0.5, 0.6) is 0 Å². The van der Waals surface area contributed by atoms with Gasteiger partial charge in [0.05, 0.1) is 26.5 Å². The molecule has 1 fully saturated rings. The normalized spacial score (nSPS) is 22.7. The molecule has 0 bridgehead atoms. The molecular formula is C21H21F6NO3S. The molecule has 1 aliphatic heterocycles. The lowest BCUT2D eigenvalue weighted by atomic mass is 9.92. The Morgan fingerprint density at radius 1 is 1.09 bits per heavy atom. The van der Waals surface area contributed by atoms with Crippen molar-refractivity contribution in [1.29, 1.82) is 0 Å². The number of nitrogens with zero attached hydrogens (tertiary/aromatic N) is 1. The van der Waals surface area contributed by atoms with Crippen LogP contribution < -0.4 is 0 Å². The van der Waals surface area contributed by atoms with E-state index < -0.39 is 49.1 Å². The maximum atomic E-state index is 13.3. The van der Waals surface area contributed by atoms with Gasteiger partial charge in [-0.1, -0.05) is 13.0 Å². The van der Waals surface area contributed by atoms with Crippen LogP contribution in [-0.2, 0) is 33.3 Å². The average Bonchev–Trinajstić information content (AvgIpc) is 2.72. The molecule has 0 aliphatic carbocycles. The average molecular weight is 481 g/mol. The molecule has 1 aliphatic rings. The van der Waals surface area contributed by atoms with Gasteiger partial charge in [0.25, 0.3) is 0 Å².